The molecule has 0 aromatic heterocycles. The van der Waals surface area contributed by atoms with Crippen LogP contribution < -0.4 is 10.1 Å². The van der Waals surface area contributed by atoms with Crippen molar-refractivity contribution < 1.29 is 9.53 Å². The van der Waals surface area contributed by atoms with Crippen LogP contribution in [0.15, 0.2) is 12.1 Å². The molecule has 3 nitrogen and oxygen atoms in total. The molecule has 0 bridgehead atoms. The van der Waals surface area contributed by atoms with E-state index in [4.69, 9.17) is 27.9 Å². The summed E-state index contributed by atoms with van der Waals surface area (Å²) < 4.78 is 5.86. The fourth-order valence-corrected chi connectivity index (χ4v) is 2.88. The molecule has 1 N–H and O–H groups in total. The maximum absolute atomic E-state index is 11.2. The molecule has 20 heavy (non-hydrogen) atoms. The third-order valence-electron chi connectivity index (χ3n) is 3.55. The molecule has 110 valence electrons. The van der Waals surface area contributed by atoms with E-state index in [1.54, 1.807) is 12.1 Å². The van der Waals surface area contributed by atoms with Gasteiger partial charge in [-0.3, -0.25) is 4.79 Å². The van der Waals surface area contributed by atoms with E-state index in [9.17, 15) is 4.79 Å². The van der Waals surface area contributed by atoms with Crippen molar-refractivity contribution in [2.75, 3.05) is 11.9 Å². The van der Waals surface area contributed by atoms with Crippen LogP contribution in [0.25, 0.3) is 0 Å². The molecule has 0 aliphatic heterocycles. The highest BCUT2D eigenvalue weighted by Gasteiger charge is 2.18. The number of hydrogen-bond acceptors (Lipinski definition) is 2. The van der Waals surface area contributed by atoms with Crippen LogP contribution in [0.4, 0.5) is 5.69 Å². The van der Waals surface area contributed by atoms with Gasteiger partial charge in [-0.15, -0.1) is 0 Å². The van der Waals surface area contributed by atoms with Gasteiger partial charge in [-0.2, -0.15) is 0 Å². The van der Waals surface area contributed by atoms with Gasteiger partial charge in [-0.05, 0) is 30.9 Å². The summed E-state index contributed by atoms with van der Waals surface area (Å²) in [6.07, 6.45) is 6.21. The minimum atomic E-state index is -0.161. The summed E-state index contributed by atoms with van der Waals surface area (Å²) in [7, 11) is 0. The normalized spacial score (nSPS) is 15.9. The second-order valence-electron chi connectivity index (χ2n) is 5.23. The fraction of sp³-hybridized carbons (Fsp3) is 0.533. The van der Waals surface area contributed by atoms with Gasteiger partial charge in [0.25, 0.3) is 0 Å². The number of nitrogens with one attached hydrogen (secondary N) is 1. The van der Waals surface area contributed by atoms with E-state index >= 15 is 0 Å². The van der Waals surface area contributed by atoms with E-state index in [1.165, 1.54) is 39.0 Å². The van der Waals surface area contributed by atoms with E-state index in [1.807, 2.05) is 0 Å². The van der Waals surface area contributed by atoms with Crippen LogP contribution >= 0.6 is 23.2 Å². The first-order chi connectivity index (χ1) is 9.58. The Morgan fingerprint density at radius 3 is 2.65 bits per heavy atom. The number of anilines is 1. The Bertz CT molecular complexity index is 485. The first-order valence-corrected chi connectivity index (χ1v) is 7.72. The molecule has 0 saturated heterocycles. The predicted octanol–water partition coefficient (Wildman–Crippen LogP) is 4.91. The van der Waals surface area contributed by atoms with Crippen molar-refractivity contribution in [3.8, 4) is 5.75 Å². The highest BCUT2D eigenvalue weighted by molar-refractivity contribution is 6.43. The molecule has 0 unspecified atom stereocenters. The number of carbonyl (C=O) groups excluding carboxylic acids is 1. The molecule has 1 aliphatic rings. The van der Waals surface area contributed by atoms with Gasteiger partial charge in [0.05, 0.1) is 17.3 Å². The van der Waals surface area contributed by atoms with Gasteiger partial charge in [0, 0.05) is 6.92 Å². The van der Waals surface area contributed by atoms with Gasteiger partial charge in [0.15, 0.2) is 5.75 Å². The molecule has 1 aromatic rings. The molecule has 1 saturated carbocycles. The Morgan fingerprint density at radius 2 is 2.00 bits per heavy atom. The number of halogens is 2. The Morgan fingerprint density at radius 1 is 1.30 bits per heavy atom. The zero-order valence-electron chi connectivity index (χ0n) is 11.5. The molecular formula is C15H19Cl2NO2. The summed E-state index contributed by atoms with van der Waals surface area (Å²) in [5.41, 5.74) is 0.572. The minimum absolute atomic E-state index is 0.161. The van der Waals surface area contributed by atoms with Crippen LogP contribution in [-0.2, 0) is 4.79 Å². The van der Waals surface area contributed by atoms with Crippen LogP contribution in [0.3, 0.4) is 0 Å². The van der Waals surface area contributed by atoms with Crippen molar-refractivity contribution in [1.29, 1.82) is 0 Å². The van der Waals surface area contributed by atoms with E-state index in [-0.39, 0.29) is 5.91 Å². The molecule has 1 fully saturated rings. The lowest BCUT2D eigenvalue weighted by Gasteiger charge is -2.23. The van der Waals surface area contributed by atoms with Crippen LogP contribution in [0.5, 0.6) is 5.75 Å². The molecule has 1 aromatic carbocycles. The maximum atomic E-state index is 11.2. The lowest BCUT2D eigenvalue weighted by molar-refractivity contribution is -0.114. The molecule has 0 radical (unpaired) electrons. The Kier molecular flexibility index (Phi) is 5.55. The molecule has 5 heteroatoms. The maximum Gasteiger partial charge on any atom is 0.221 e. The van der Waals surface area contributed by atoms with Gasteiger partial charge in [-0.1, -0.05) is 42.5 Å². The van der Waals surface area contributed by atoms with Gasteiger partial charge in [0.1, 0.15) is 5.02 Å². The van der Waals surface area contributed by atoms with Gasteiger partial charge in [-0.25, -0.2) is 0 Å². The van der Waals surface area contributed by atoms with Crippen molar-refractivity contribution in [3.63, 3.8) is 0 Å². The standard InChI is InChI=1S/C15H19Cl2NO2/c1-10(19)18-13-8-7-12(16)14(17)15(13)20-9-11-5-3-2-4-6-11/h7-8,11H,2-6,9H2,1H3,(H,18,19). The highest BCUT2D eigenvalue weighted by Crippen LogP contribution is 2.39. The summed E-state index contributed by atoms with van der Waals surface area (Å²) in [4.78, 5) is 11.2. The van der Waals surface area contributed by atoms with Gasteiger partial charge < -0.3 is 10.1 Å². The van der Waals surface area contributed by atoms with Crippen molar-refractivity contribution in [2.24, 2.45) is 5.92 Å². The summed E-state index contributed by atoms with van der Waals surface area (Å²) in [6.45, 7) is 2.07. The first-order valence-electron chi connectivity index (χ1n) is 6.96. The van der Waals surface area contributed by atoms with Crippen LogP contribution in [0.2, 0.25) is 10.0 Å². The van der Waals surface area contributed by atoms with Crippen molar-refractivity contribution >= 4 is 34.8 Å². The number of hydrogen-bond donors (Lipinski definition) is 1. The summed E-state index contributed by atoms with van der Waals surface area (Å²) in [5, 5.41) is 3.51. The summed E-state index contributed by atoms with van der Waals surface area (Å²) in [6, 6.07) is 3.37. The number of rotatable bonds is 4. The number of carbonyl (C=O) groups is 1. The summed E-state index contributed by atoms with van der Waals surface area (Å²) in [5.74, 6) is 0.870. The summed E-state index contributed by atoms with van der Waals surface area (Å²) >= 11 is 12.2. The minimum Gasteiger partial charge on any atom is -0.489 e. The van der Waals surface area contributed by atoms with E-state index in [2.05, 4.69) is 5.32 Å². The predicted molar refractivity (Wildman–Crippen MR) is 82.8 cm³/mol. The van der Waals surface area contributed by atoms with Gasteiger partial charge in [0.2, 0.25) is 5.91 Å². The van der Waals surface area contributed by atoms with E-state index in [0.29, 0.717) is 34.0 Å². The van der Waals surface area contributed by atoms with Crippen molar-refractivity contribution in [2.45, 2.75) is 39.0 Å². The first kappa shape index (κ1) is 15.5. The quantitative estimate of drug-likeness (QED) is 0.857. The van der Waals surface area contributed by atoms with Crippen molar-refractivity contribution in [3.05, 3.63) is 22.2 Å². The number of amides is 1. The molecule has 0 spiro atoms. The average molecular weight is 316 g/mol. The Hall–Kier alpha value is -0.930. The molecular weight excluding hydrogens is 297 g/mol. The molecule has 1 amide bonds. The zero-order valence-corrected chi connectivity index (χ0v) is 13.1. The largest absolute Gasteiger partial charge is 0.489 e. The Balaban J connectivity index is 2.11. The Labute approximate surface area is 129 Å². The number of benzene rings is 1. The third-order valence-corrected chi connectivity index (χ3v) is 4.34. The third kappa shape index (κ3) is 4.03. The van der Waals surface area contributed by atoms with Gasteiger partial charge >= 0.3 is 0 Å². The number of ether oxygens (including phenoxy) is 1. The zero-order chi connectivity index (χ0) is 14.5. The molecule has 2 rings (SSSR count). The lowest BCUT2D eigenvalue weighted by atomic mass is 9.90. The smallest absolute Gasteiger partial charge is 0.221 e. The van der Waals surface area contributed by atoms with E-state index in [0.717, 1.165) is 0 Å². The molecule has 1 aliphatic carbocycles. The van der Waals surface area contributed by atoms with Crippen LogP contribution in [0, 0.1) is 5.92 Å². The van der Waals surface area contributed by atoms with Crippen LogP contribution in [0.1, 0.15) is 39.0 Å². The molecule has 0 heterocycles. The lowest BCUT2D eigenvalue weighted by Crippen LogP contribution is -2.16. The topological polar surface area (TPSA) is 38.3 Å². The fourth-order valence-electron chi connectivity index (χ4n) is 2.52. The second kappa shape index (κ2) is 7.19. The highest BCUT2D eigenvalue weighted by atomic mass is 35.5. The van der Waals surface area contributed by atoms with E-state index < -0.39 is 0 Å². The average Bonchev–Trinajstić information content (AvgIpc) is 2.43. The molecule has 0 atom stereocenters. The monoisotopic (exact) mass is 315 g/mol. The second-order valence-corrected chi connectivity index (χ2v) is 6.02. The van der Waals surface area contributed by atoms with Crippen LogP contribution in [-0.4, -0.2) is 12.5 Å². The van der Waals surface area contributed by atoms with Crippen molar-refractivity contribution in [1.82, 2.24) is 0 Å². The SMILES string of the molecule is CC(=O)Nc1ccc(Cl)c(Cl)c1OCC1CCCCC1.